The Morgan fingerprint density at radius 1 is 1.82 bits per heavy atom. The molecule has 0 spiro atoms. The summed E-state index contributed by atoms with van der Waals surface area (Å²) in [5.41, 5.74) is 4.78. The minimum atomic E-state index is -0.736. The molecular weight excluding hydrogens is 142 g/mol. The first-order valence-electron chi connectivity index (χ1n) is 3.56. The van der Waals surface area contributed by atoms with E-state index in [1.54, 1.807) is 0 Å². The minimum absolute atomic E-state index is 0.243. The van der Waals surface area contributed by atoms with Crippen LogP contribution in [0.2, 0.25) is 0 Å². The highest BCUT2D eigenvalue weighted by Gasteiger charge is 2.05. The molecule has 0 rings (SSSR count). The summed E-state index contributed by atoms with van der Waals surface area (Å²) < 4.78 is 4.59. The van der Waals surface area contributed by atoms with Crippen LogP contribution in [0, 0.1) is 18.3 Å². The Morgan fingerprint density at radius 3 is 2.82 bits per heavy atom. The Balaban J connectivity index is 3.53. The molecule has 0 heterocycles. The van der Waals surface area contributed by atoms with E-state index >= 15 is 0 Å². The Labute approximate surface area is 66.9 Å². The number of rotatable bonds is 4. The Kier molecular flexibility index (Phi) is 5.01. The smallest absolute Gasteiger partial charge is 0.404 e. The molecule has 0 aromatic heterocycles. The quantitative estimate of drug-likeness (QED) is 0.619. The lowest BCUT2D eigenvalue weighted by atomic mass is 10.0. The van der Waals surface area contributed by atoms with E-state index in [9.17, 15) is 4.79 Å². The van der Waals surface area contributed by atoms with E-state index in [1.165, 1.54) is 0 Å². The molecule has 11 heavy (non-hydrogen) atoms. The molecule has 1 amide bonds. The predicted molar refractivity (Wildman–Crippen MR) is 42.8 cm³/mol. The summed E-state index contributed by atoms with van der Waals surface area (Å²) in [5.74, 6) is 2.75. The van der Waals surface area contributed by atoms with Crippen molar-refractivity contribution in [1.82, 2.24) is 0 Å². The van der Waals surface area contributed by atoms with Crippen molar-refractivity contribution in [3.63, 3.8) is 0 Å². The Hall–Kier alpha value is -1.17. The number of amides is 1. The van der Waals surface area contributed by atoms with E-state index in [1.807, 2.05) is 6.92 Å². The summed E-state index contributed by atoms with van der Waals surface area (Å²) in [4.78, 5) is 10.2. The molecule has 0 saturated carbocycles. The molecule has 0 aliphatic carbocycles. The third-order valence-corrected chi connectivity index (χ3v) is 1.45. The van der Waals surface area contributed by atoms with Gasteiger partial charge in [0.25, 0.3) is 0 Å². The number of nitrogens with two attached hydrogens (primary N) is 1. The Bertz CT molecular complexity index is 160. The molecule has 0 fully saturated rings. The number of hydrogen-bond donors (Lipinski definition) is 1. The molecule has 62 valence electrons. The van der Waals surface area contributed by atoms with Crippen molar-refractivity contribution in [2.45, 2.75) is 19.8 Å². The summed E-state index contributed by atoms with van der Waals surface area (Å²) in [6.45, 7) is 2.32. The predicted octanol–water partition coefficient (Wildman–Crippen LogP) is 1.13. The van der Waals surface area contributed by atoms with E-state index in [4.69, 9.17) is 12.2 Å². The summed E-state index contributed by atoms with van der Waals surface area (Å²) in [5, 5.41) is 0. The largest absolute Gasteiger partial charge is 0.449 e. The van der Waals surface area contributed by atoms with E-state index in [0.29, 0.717) is 13.0 Å². The van der Waals surface area contributed by atoms with Crippen LogP contribution < -0.4 is 5.73 Å². The van der Waals surface area contributed by atoms with Crippen LogP contribution >= 0.6 is 0 Å². The van der Waals surface area contributed by atoms with Crippen LogP contribution in [-0.2, 0) is 4.74 Å². The van der Waals surface area contributed by atoms with Gasteiger partial charge in [0.15, 0.2) is 0 Å². The summed E-state index contributed by atoms with van der Waals surface area (Å²) in [6.07, 6.45) is 5.88. The molecule has 0 aliphatic heterocycles. The maximum atomic E-state index is 10.2. The summed E-state index contributed by atoms with van der Waals surface area (Å²) in [7, 11) is 0. The number of terminal acetylenes is 1. The minimum Gasteiger partial charge on any atom is -0.449 e. The van der Waals surface area contributed by atoms with Gasteiger partial charge < -0.3 is 10.5 Å². The van der Waals surface area contributed by atoms with Gasteiger partial charge in [0, 0.05) is 12.3 Å². The van der Waals surface area contributed by atoms with Crippen molar-refractivity contribution >= 4 is 6.09 Å². The van der Waals surface area contributed by atoms with Crippen LogP contribution in [0.1, 0.15) is 19.8 Å². The van der Waals surface area contributed by atoms with Gasteiger partial charge in [-0.05, 0) is 6.42 Å². The second-order valence-electron chi connectivity index (χ2n) is 2.31. The lowest BCUT2D eigenvalue weighted by Gasteiger charge is -2.09. The van der Waals surface area contributed by atoms with Gasteiger partial charge in [0.2, 0.25) is 0 Å². The van der Waals surface area contributed by atoms with Gasteiger partial charge in [-0.25, -0.2) is 4.79 Å². The van der Waals surface area contributed by atoms with Gasteiger partial charge in [0.1, 0.15) is 0 Å². The van der Waals surface area contributed by atoms with Crippen LogP contribution in [0.3, 0.4) is 0 Å². The fourth-order valence-electron chi connectivity index (χ4n) is 0.688. The molecule has 0 radical (unpaired) electrons. The lowest BCUT2D eigenvalue weighted by molar-refractivity contribution is 0.136. The van der Waals surface area contributed by atoms with Gasteiger partial charge in [-0.3, -0.25) is 0 Å². The normalized spacial score (nSPS) is 11.6. The first-order valence-corrected chi connectivity index (χ1v) is 3.56. The molecule has 1 unspecified atom stereocenters. The zero-order chi connectivity index (χ0) is 8.69. The average molecular weight is 155 g/mol. The van der Waals surface area contributed by atoms with E-state index in [0.717, 1.165) is 6.42 Å². The molecule has 0 aromatic rings. The molecule has 0 aliphatic rings. The van der Waals surface area contributed by atoms with Crippen LogP contribution in [-0.4, -0.2) is 12.7 Å². The van der Waals surface area contributed by atoms with Crippen LogP contribution in [0.4, 0.5) is 4.79 Å². The highest BCUT2D eigenvalue weighted by Crippen LogP contribution is 2.06. The van der Waals surface area contributed by atoms with Crippen molar-refractivity contribution in [3.05, 3.63) is 0 Å². The van der Waals surface area contributed by atoms with E-state index in [-0.39, 0.29) is 5.92 Å². The van der Waals surface area contributed by atoms with Crippen LogP contribution in [0.25, 0.3) is 0 Å². The molecule has 0 bridgehead atoms. The first-order chi connectivity index (χ1) is 5.20. The van der Waals surface area contributed by atoms with Crippen LogP contribution in [0.15, 0.2) is 0 Å². The van der Waals surface area contributed by atoms with Crippen molar-refractivity contribution in [2.24, 2.45) is 11.7 Å². The lowest BCUT2D eigenvalue weighted by Crippen LogP contribution is -2.18. The molecule has 2 N–H and O–H groups in total. The van der Waals surface area contributed by atoms with Gasteiger partial charge in [-0.1, -0.05) is 6.92 Å². The molecule has 0 saturated heterocycles. The number of ether oxygens (including phenoxy) is 1. The molecular formula is C8H13NO2. The maximum Gasteiger partial charge on any atom is 0.404 e. The second-order valence-corrected chi connectivity index (χ2v) is 2.31. The van der Waals surface area contributed by atoms with E-state index in [2.05, 4.69) is 10.7 Å². The zero-order valence-electron chi connectivity index (χ0n) is 6.67. The highest BCUT2D eigenvalue weighted by atomic mass is 16.5. The third-order valence-electron chi connectivity index (χ3n) is 1.45. The fourth-order valence-corrected chi connectivity index (χ4v) is 0.688. The van der Waals surface area contributed by atoms with E-state index < -0.39 is 6.09 Å². The van der Waals surface area contributed by atoms with Crippen LogP contribution in [0.5, 0.6) is 0 Å². The zero-order valence-corrected chi connectivity index (χ0v) is 6.67. The highest BCUT2D eigenvalue weighted by molar-refractivity contribution is 5.64. The molecule has 0 aromatic carbocycles. The monoisotopic (exact) mass is 155 g/mol. The average Bonchev–Trinajstić information content (AvgIpc) is 1.97. The SMILES string of the molecule is C#CCC(CC)COC(N)=O. The number of hydrogen-bond acceptors (Lipinski definition) is 2. The second kappa shape index (κ2) is 5.60. The Morgan fingerprint density at radius 2 is 2.45 bits per heavy atom. The topological polar surface area (TPSA) is 52.3 Å². The molecule has 3 nitrogen and oxygen atoms in total. The summed E-state index contributed by atoms with van der Waals surface area (Å²) >= 11 is 0. The fraction of sp³-hybridized carbons (Fsp3) is 0.625. The number of primary amides is 1. The van der Waals surface area contributed by atoms with Gasteiger partial charge >= 0.3 is 6.09 Å². The van der Waals surface area contributed by atoms with Crippen molar-refractivity contribution in [2.75, 3.05) is 6.61 Å². The number of carbonyl (C=O) groups excluding carboxylic acids is 1. The molecule has 1 atom stereocenters. The van der Waals surface area contributed by atoms with Crippen molar-refractivity contribution in [3.8, 4) is 12.3 Å². The third kappa shape index (κ3) is 5.28. The first kappa shape index (κ1) is 9.83. The van der Waals surface area contributed by atoms with Gasteiger partial charge in [-0.2, -0.15) is 0 Å². The summed E-state index contributed by atoms with van der Waals surface area (Å²) in [6, 6.07) is 0. The van der Waals surface area contributed by atoms with Crippen molar-refractivity contribution in [1.29, 1.82) is 0 Å². The van der Waals surface area contributed by atoms with Gasteiger partial charge in [0.05, 0.1) is 6.61 Å². The van der Waals surface area contributed by atoms with Gasteiger partial charge in [-0.15, -0.1) is 12.3 Å². The number of carbonyl (C=O) groups is 1. The standard InChI is InChI=1S/C8H13NO2/c1-3-5-7(4-2)6-11-8(9)10/h1,7H,4-6H2,2H3,(H2,9,10). The molecule has 3 heteroatoms. The van der Waals surface area contributed by atoms with Crippen molar-refractivity contribution < 1.29 is 9.53 Å². The maximum absolute atomic E-state index is 10.2.